The van der Waals surface area contributed by atoms with E-state index in [4.69, 9.17) is 4.74 Å². The van der Waals surface area contributed by atoms with Gasteiger partial charge in [0.05, 0.1) is 24.4 Å². The first kappa shape index (κ1) is 10.5. The summed E-state index contributed by atoms with van der Waals surface area (Å²) in [5, 5.41) is 10.7. The maximum Gasteiger partial charge on any atom is 0.407 e. The molecule has 5 heteroatoms. The number of rotatable bonds is 3. The fourth-order valence-corrected chi connectivity index (χ4v) is 1.49. The summed E-state index contributed by atoms with van der Waals surface area (Å²) >= 11 is 0. The number of fused-ring (bicyclic) bond motifs is 1. The standard InChI is InChI=1S/C11H13N3O2/c1-2-16-11(15)12-7-10-8-5-3-4-6-9(8)13-14-10/h3-6H,2,7H2,1H3,(H,12,15)(H,13,14). The van der Waals surface area contributed by atoms with Crippen LogP contribution >= 0.6 is 0 Å². The number of alkyl carbamates (subject to hydrolysis) is 1. The summed E-state index contributed by atoms with van der Waals surface area (Å²) in [5.41, 5.74) is 1.77. The zero-order chi connectivity index (χ0) is 11.4. The Labute approximate surface area is 92.8 Å². The molecule has 0 spiro atoms. The zero-order valence-electron chi connectivity index (χ0n) is 8.99. The summed E-state index contributed by atoms with van der Waals surface area (Å²) in [6.07, 6.45) is -0.416. The Hall–Kier alpha value is -2.04. The van der Waals surface area contributed by atoms with Gasteiger partial charge in [0.15, 0.2) is 0 Å². The number of hydrogen-bond donors (Lipinski definition) is 2. The molecule has 1 aromatic heterocycles. The molecule has 0 unspecified atom stereocenters. The lowest BCUT2D eigenvalue weighted by molar-refractivity contribution is 0.151. The van der Waals surface area contributed by atoms with Gasteiger partial charge in [0.1, 0.15) is 0 Å². The summed E-state index contributed by atoms with van der Waals surface area (Å²) in [5.74, 6) is 0. The fourth-order valence-electron chi connectivity index (χ4n) is 1.49. The second-order valence-electron chi connectivity index (χ2n) is 3.29. The fraction of sp³-hybridized carbons (Fsp3) is 0.273. The molecule has 0 aliphatic heterocycles. The van der Waals surface area contributed by atoms with Gasteiger partial charge in [-0.25, -0.2) is 4.79 Å². The normalized spacial score (nSPS) is 10.3. The maximum atomic E-state index is 11.1. The number of ether oxygens (including phenoxy) is 1. The van der Waals surface area contributed by atoms with Crippen LogP contribution in [0.3, 0.4) is 0 Å². The van der Waals surface area contributed by atoms with Crippen LogP contribution in [0, 0.1) is 0 Å². The molecule has 0 fully saturated rings. The van der Waals surface area contributed by atoms with E-state index in [1.54, 1.807) is 6.92 Å². The summed E-state index contributed by atoms with van der Waals surface area (Å²) in [6.45, 7) is 2.53. The molecule has 1 heterocycles. The van der Waals surface area contributed by atoms with Crippen molar-refractivity contribution >= 4 is 17.0 Å². The third-order valence-electron chi connectivity index (χ3n) is 2.23. The molecule has 5 nitrogen and oxygen atoms in total. The number of para-hydroxylation sites is 1. The van der Waals surface area contributed by atoms with Gasteiger partial charge in [0.2, 0.25) is 0 Å². The Bertz CT molecular complexity index is 493. The molecule has 2 rings (SSSR count). The first-order chi connectivity index (χ1) is 7.81. The van der Waals surface area contributed by atoms with E-state index in [1.807, 2.05) is 24.3 Å². The highest BCUT2D eigenvalue weighted by molar-refractivity contribution is 5.81. The van der Waals surface area contributed by atoms with Crippen LogP contribution in [0.1, 0.15) is 12.6 Å². The van der Waals surface area contributed by atoms with Crippen molar-refractivity contribution in [1.82, 2.24) is 15.5 Å². The van der Waals surface area contributed by atoms with Crippen molar-refractivity contribution in [3.05, 3.63) is 30.0 Å². The molecule has 1 amide bonds. The van der Waals surface area contributed by atoms with E-state index in [2.05, 4.69) is 15.5 Å². The number of carbonyl (C=O) groups is 1. The van der Waals surface area contributed by atoms with Crippen molar-refractivity contribution in [3.63, 3.8) is 0 Å². The van der Waals surface area contributed by atoms with Crippen molar-refractivity contribution in [2.24, 2.45) is 0 Å². The van der Waals surface area contributed by atoms with Gasteiger partial charge in [-0.2, -0.15) is 5.10 Å². The topological polar surface area (TPSA) is 67.0 Å². The van der Waals surface area contributed by atoms with Crippen LogP contribution in [0.25, 0.3) is 10.9 Å². The van der Waals surface area contributed by atoms with Crippen LogP contribution in [0.2, 0.25) is 0 Å². The predicted octanol–water partition coefficient (Wildman–Crippen LogP) is 1.81. The number of benzene rings is 1. The summed E-state index contributed by atoms with van der Waals surface area (Å²) in [6, 6.07) is 7.73. The SMILES string of the molecule is CCOC(=O)NCc1[nH]nc2ccccc12. The summed E-state index contributed by atoms with van der Waals surface area (Å²) < 4.78 is 4.77. The number of carbonyl (C=O) groups excluding carboxylic acids is 1. The van der Waals surface area contributed by atoms with Crippen LogP contribution in [-0.4, -0.2) is 22.9 Å². The lowest BCUT2D eigenvalue weighted by atomic mass is 10.2. The molecule has 84 valence electrons. The number of H-pyrrole nitrogens is 1. The molecule has 0 aliphatic rings. The van der Waals surface area contributed by atoms with Crippen LogP contribution < -0.4 is 5.32 Å². The van der Waals surface area contributed by atoms with Crippen LogP contribution in [-0.2, 0) is 11.3 Å². The number of hydrogen-bond acceptors (Lipinski definition) is 3. The van der Waals surface area contributed by atoms with Crippen LogP contribution in [0.5, 0.6) is 0 Å². The predicted molar refractivity (Wildman–Crippen MR) is 60.0 cm³/mol. The minimum Gasteiger partial charge on any atom is -0.450 e. The summed E-state index contributed by atoms with van der Waals surface area (Å²) in [7, 11) is 0. The van der Waals surface area contributed by atoms with Crippen molar-refractivity contribution in [3.8, 4) is 0 Å². The van der Waals surface area contributed by atoms with Gasteiger partial charge >= 0.3 is 6.09 Å². The summed E-state index contributed by atoms with van der Waals surface area (Å²) in [4.78, 5) is 11.1. The average molecular weight is 219 g/mol. The number of aromatic amines is 1. The highest BCUT2D eigenvalue weighted by Gasteiger charge is 2.06. The number of nitrogens with zero attached hydrogens (tertiary/aromatic N) is 1. The maximum absolute atomic E-state index is 11.1. The van der Waals surface area contributed by atoms with Crippen LogP contribution in [0.4, 0.5) is 4.79 Å². The first-order valence-electron chi connectivity index (χ1n) is 5.14. The quantitative estimate of drug-likeness (QED) is 0.827. The molecule has 2 N–H and O–H groups in total. The van der Waals surface area contributed by atoms with Crippen molar-refractivity contribution in [2.45, 2.75) is 13.5 Å². The number of aromatic nitrogens is 2. The largest absolute Gasteiger partial charge is 0.450 e. The molecule has 0 saturated heterocycles. The van der Waals surface area contributed by atoms with E-state index in [9.17, 15) is 4.79 Å². The number of nitrogens with one attached hydrogen (secondary N) is 2. The minimum absolute atomic E-state index is 0.371. The Balaban J connectivity index is 2.07. The van der Waals surface area contributed by atoms with Crippen LogP contribution in [0.15, 0.2) is 24.3 Å². The molecular weight excluding hydrogens is 206 g/mol. The molecule has 1 aromatic carbocycles. The number of amides is 1. The smallest absolute Gasteiger partial charge is 0.407 e. The minimum atomic E-state index is -0.416. The van der Waals surface area contributed by atoms with Gasteiger partial charge in [-0.1, -0.05) is 18.2 Å². The highest BCUT2D eigenvalue weighted by atomic mass is 16.5. The van der Waals surface area contributed by atoms with Gasteiger partial charge in [0.25, 0.3) is 0 Å². The second-order valence-corrected chi connectivity index (χ2v) is 3.29. The Morgan fingerprint density at radius 2 is 2.31 bits per heavy atom. The second kappa shape index (κ2) is 4.65. The monoisotopic (exact) mass is 219 g/mol. The van der Waals surface area contributed by atoms with Gasteiger partial charge < -0.3 is 10.1 Å². The van der Waals surface area contributed by atoms with Crippen molar-refractivity contribution < 1.29 is 9.53 Å². The molecule has 0 bridgehead atoms. The van der Waals surface area contributed by atoms with E-state index < -0.39 is 6.09 Å². The van der Waals surface area contributed by atoms with Crippen molar-refractivity contribution in [1.29, 1.82) is 0 Å². The third-order valence-corrected chi connectivity index (χ3v) is 2.23. The van der Waals surface area contributed by atoms with Gasteiger partial charge in [-0.15, -0.1) is 0 Å². The lowest BCUT2D eigenvalue weighted by Gasteiger charge is -2.03. The van der Waals surface area contributed by atoms with E-state index in [0.29, 0.717) is 13.2 Å². The Morgan fingerprint density at radius 3 is 3.12 bits per heavy atom. The molecule has 16 heavy (non-hydrogen) atoms. The molecule has 2 aromatic rings. The lowest BCUT2D eigenvalue weighted by Crippen LogP contribution is -2.23. The third kappa shape index (κ3) is 2.13. The van der Waals surface area contributed by atoms with E-state index in [1.165, 1.54) is 0 Å². The first-order valence-corrected chi connectivity index (χ1v) is 5.14. The van der Waals surface area contributed by atoms with Gasteiger partial charge in [0, 0.05) is 5.39 Å². The average Bonchev–Trinajstić information content (AvgIpc) is 2.70. The highest BCUT2D eigenvalue weighted by Crippen LogP contribution is 2.14. The van der Waals surface area contributed by atoms with E-state index in [0.717, 1.165) is 16.6 Å². The van der Waals surface area contributed by atoms with E-state index in [-0.39, 0.29) is 0 Å². The molecule has 0 aliphatic carbocycles. The Kier molecular flexibility index (Phi) is 3.05. The van der Waals surface area contributed by atoms with Crippen molar-refractivity contribution in [2.75, 3.05) is 6.61 Å². The van der Waals surface area contributed by atoms with E-state index >= 15 is 0 Å². The Morgan fingerprint density at radius 1 is 1.50 bits per heavy atom. The zero-order valence-corrected chi connectivity index (χ0v) is 8.99. The molecule has 0 saturated carbocycles. The van der Waals surface area contributed by atoms with Gasteiger partial charge in [-0.05, 0) is 13.0 Å². The molecular formula is C11H13N3O2. The van der Waals surface area contributed by atoms with Gasteiger partial charge in [-0.3, -0.25) is 5.10 Å². The molecule has 0 atom stereocenters. The molecule has 0 radical (unpaired) electrons.